The topological polar surface area (TPSA) is 34.9 Å². The maximum Gasteiger partial charge on any atom is 0.139 e. The van der Waals surface area contributed by atoms with Gasteiger partial charge in [0.1, 0.15) is 5.78 Å². The standard InChI is InChI=1S/C13H21ClN2O/c1-6-10-12(14)11(16(5)15-10)7-9(17)8-13(2,3)4/h6-8H2,1-5H3. The average Bonchev–Trinajstić information content (AvgIpc) is 2.42. The molecular formula is C13H21ClN2O. The molecule has 0 amide bonds. The summed E-state index contributed by atoms with van der Waals surface area (Å²) >= 11 is 6.21. The molecule has 0 aromatic carbocycles. The van der Waals surface area contributed by atoms with E-state index in [9.17, 15) is 4.79 Å². The molecule has 0 bridgehead atoms. The molecule has 96 valence electrons. The minimum atomic E-state index is 0.0236. The second kappa shape index (κ2) is 5.21. The molecule has 0 aliphatic carbocycles. The number of hydrogen-bond donors (Lipinski definition) is 0. The second-order valence-corrected chi connectivity index (χ2v) is 6.02. The van der Waals surface area contributed by atoms with E-state index in [1.165, 1.54) is 0 Å². The van der Waals surface area contributed by atoms with E-state index in [4.69, 9.17) is 11.6 Å². The lowest BCUT2D eigenvalue weighted by atomic mass is 9.89. The number of carbonyl (C=O) groups is 1. The van der Waals surface area contributed by atoms with E-state index in [1.807, 2.05) is 14.0 Å². The fraction of sp³-hybridized carbons (Fsp3) is 0.692. The van der Waals surface area contributed by atoms with Gasteiger partial charge in [-0.3, -0.25) is 9.48 Å². The van der Waals surface area contributed by atoms with Crippen LogP contribution in [0.2, 0.25) is 5.02 Å². The summed E-state index contributed by atoms with van der Waals surface area (Å²) in [5.41, 5.74) is 1.72. The molecule has 0 saturated heterocycles. The Labute approximate surface area is 108 Å². The fourth-order valence-corrected chi connectivity index (χ4v) is 2.21. The van der Waals surface area contributed by atoms with Gasteiger partial charge in [0.05, 0.1) is 16.4 Å². The number of nitrogens with zero attached hydrogens (tertiary/aromatic N) is 2. The predicted molar refractivity (Wildman–Crippen MR) is 70.4 cm³/mol. The van der Waals surface area contributed by atoms with Gasteiger partial charge in [0.15, 0.2) is 0 Å². The van der Waals surface area contributed by atoms with Crippen LogP contribution in [0.3, 0.4) is 0 Å². The summed E-state index contributed by atoms with van der Waals surface area (Å²) in [6.45, 7) is 8.20. The van der Waals surface area contributed by atoms with E-state index >= 15 is 0 Å². The Morgan fingerprint density at radius 3 is 2.41 bits per heavy atom. The molecule has 1 rings (SSSR count). The molecular weight excluding hydrogens is 236 g/mol. The number of halogens is 1. The van der Waals surface area contributed by atoms with Gasteiger partial charge < -0.3 is 0 Å². The summed E-state index contributed by atoms with van der Waals surface area (Å²) in [6, 6.07) is 0. The number of ketones is 1. The van der Waals surface area contributed by atoms with Crippen molar-refractivity contribution in [2.24, 2.45) is 12.5 Å². The smallest absolute Gasteiger partial charge is 0.139 e. The fourth-order valence-electron chi connectivity index (χ4n) is 1.85. The van der Waals surface area contributed by atoms with Crippen LogP contribution in [0.1, 0.15) is 45.5 Å². The van der Waals surface area contributed by atoms with Gasteiger partial charge in [0.2, 0.25) is 0 Å². The first-order valence-corrected chi connectivity index (χ1v) is 6.34. The van der Waals surface area contributed by atoms with Crippen LogP contribution in [0.4, 0.5) is 0 Å². The summed E-state index contributed by atoms with van der Waals surface area (Å²) in [7, 11) is 1.84. The van der Waals surface area contributed by atoms with E-state index in [2.05, 4.69) is 25.9 Å². The minimum Gasteiger partial charge on any atom is -0.299 e. The second-order valence-electron chi connectivity index (χ2n) is 5.64. The number of aryl methyl sites for hydroxylation is 2. The van der Waals surface area contributed by atoms with E-state index in [1.54, 1.807) is 4.68 Å². The molecule has 0 atom stereocenters. The maximum atomic E-state index is 11.9. The Hall–Kier alpha value is -0.830. The molecule has 0 N–H and O–H groups in total. The predicted octanol–water partition coefficient (Wildman–Crippen LogP) is 3.18. The van der Waals surface area contributed by atoms with Crippen LogP contribution in [0, 0.1) is 5.41 Å². The zero-order valence-corrected chi connectivity index (χ0v) is 12.1. The molecule has 0 saturated carbocycles. The normalized spacial score (nSPS) is 11.9. The van der Waals surface area contributed by atoms with Crippen molar-refractivity contribution < 1.29 is 4.79 Å². The number of rotatable bonds is 4. The Balaban J connectivity index is 2.82. The van der Waals surface area contributed by atoms with Gasteiger partial charge in [0.25, 0.3) is 0 Å². The van der Waals surface area contributed by atoms with Gasteiger partial charge in [-0.2, -0.15) is 5.10 Å². The molecule has 0 fully saturated rings. The first-order valence-electron chi connectivity index (χ1n) is 5.96. The molecule has 0 radical (unpaired) electrons. The van der Waals surface area contributed by atoms with Crippen LogP contribution in [0.5, 0.6) is 0 Å². The van der Waals surface area contributed by atoms with Crippen molar-refractivity contribution in [3.63, 3.8) is 0 Å². The van der Waals surface area contributed by atoms with Gasteiger partial charge in [-0.15, -0.1) is 0 Å². The number of carbonyl (C=O) groups excluding carboxylic acids is 1. The van der Waals surface area contributed by atoms with Gasteiger partial charge in [-0.05, 0) is 11.8 Å². The highest BCUT2D eigenvalue weighted by Crippen LogP contribution is 2.24. The molecule has 0 aliphatic heterocycles. The zero-order valence-electron chi connectivity index (χ0n) is 11.3. The molecule has 1 aromatic rings. The highest BCUT2D eigenvalue weighted by Gasteiger charge is 2.20. The largest absolute Gasteiger partial charge is 0.299 e. The Bertz CT molecular complexity index is 416. The lowest BCUT2D eigenvalue weighted by Gasteiger charge is -2.16. The molecule has 0 aliphatic rings. The number of Topliss-reactive ketones (excluding diaryl/α,β-unsaturated/α-hetero) is 1. The van der Waals surface area contributed by atoms with Gasteiger partial charge in [-0.25, -0.2) is 0 Å². The molecule has 3 nitrogen and oxygen atoms in total. The van der Waals surface area contributed by atoms with Gasteiger partial charge in [0, 0.05) is 19.9 Å². The van der Waals surface area contributed by atoms with Gasteiger partial charge >= 0.3 is 0 Å². The third-order valence-electron chi connectivity index (χ3n) is 2.60. The Morgan fingerprint density at radius 2 is 2.00 bits per heavy atom. The summed E-state index contributed by atoms with van der Waals surface area (Å²) in [5.74, 6) is 0.213. The van der Waals surface area contributed by atoms with Crippen LogP contribution in [0.15, 0.2) is 0 Å². The lowest BCUT2D eigenvalue weighted by Crippen LogP contribution is -2.16. The summed E-state index contributed by atoms with van der Waals surface area (Å²) in [5, 5.41) is 4.96. The van der Waals surface area contributed by atoms with Crippen LogP contribution in [-0.2, 0) is 24.7 Å². The van der Waals surface area contributed by atoms with Crippen molar-refractivity contribution in [1.29, 1.82) is 0 Å². The van der Waals surface area contributed by atoms with Crippen molar-refractivity contribution in [1.82, 2.24) is 9.78 Å². The zero-order chi connectivity index (χ0) is 13.2. The molecule has 1 heterocycles. The average molecular weight is 257 g/mol. The van der Waals surface area contributed by atoms with E-state index in [0.29, 0.717) is 17.9 Å². The summed E-state index contributed by atoms with van der Waals surface area (Å²) < 4.78 is 1.72. The first kappa shape index (κ1) is 14.2. The van der Waals surface area contributed by atoms with Crippen molar-refractivity contribution in [2.45, 2.75) is 47.0 Å². The highest BCUT2D eigenvalue weighted by atomic mass is 35.5. The van der Waals surface area contributed by atoms with Crippen LogP contribution < -0.4 is 0 Å². The molecule has 1 aromatic heterocycles. The Kier molecular flexibility index (Phi) is 4.36. The third-order valence-corrected chi connectivity index (χ3v) is 3.03. The lowest BCUT2D eigenvalue weighted by molar-refractivity contribution is -0.120. The summed E-state index contributed by atoms with van der Waals surface area (Å²) in [4.78, 5) is 11.9. The number of aromatic nitrogens is 2. The van der Waals surface area contributed by atoms with Crippen molar-refractivity contribution in [2.75, 3.05) is 0 Å². The number of hydrogen-bond acceptors (Lipinski definition) is 2. The first-order chi connectivity index (χ1) is 7.74. The van der Waals surface area contributed by atoms with E-state index < -0.39 is 0 Å². The minimum absolute atomic E-state index is 0.0236. The Morgan fingerprint density at radius 1 is 1.41 bits per heavy atom. The molecule has 4 heteroatoms. The third kappa shape index (κ3) is 3.84. The van der Waals surface area contributed by atoms with Crippen molar-refractivity contribution >= 4 is 17.4 Å². The molecule has 0 spiro atoms. The monoisotopic (exact) mass is 256 g/mol. The van der Waals surface area contributed by atoms with E-state index in [0.717, 1.165) is 17.8 Å². The highest BCUT2D eigenvalue weighted by molar-refractivity contribution is 6.32. The SMILES string of the molecule is CCc1nn(C)c(CC(=O)CC(C)(C)C)c1Cl. The molecule has 17 heavy (non-hydrogen) atoms. The summed E-state index contributed by atoms with van der Waals surface area (Å²) in [6.07, 6.45) is 1.73. The van der Waals surface area contributed by atoms with E-state index in [-0.39, 0.29) is 11.2 Å². The van der Waals surface area contributed by atoms with Gasteiger partial charge in [-0.1, -0.05) is 39.3 Å². The van der Waals surface area contributed by atoms with Crippen LogP contribution >= 0.6 is 11.6 Å². The van der Waals surface area contributed by atoms with Crippen LogP contribution in [0.25, 0.3) is 0 Å². The maximum absolute atomic E-state index is 11.9. The van der Waals surface area contributed by atoms with Crippen molar-refractivity contribution in [3.8, 4) is 0 Å². The van der Waals surface area contributed by atoms with Crippen molar-refractivity contribution in [3.05, 3.63) is 16.4 Å². The van der Waals surface area contributed by atoms with Crippen LogP contribution in [-0.4, -0.2) is 15.6 Å². The molecule has 0 unspecified atom stereocenters. The quantitative estimate of drug-likeness (QED) is 0.829.